The highest BCUT2D eigenvalue weighted by molar-refractivity contribution is 8.00. The predicted octanol–water partition coefficient (Wildman–Crippen LogP) is 1.26. The molecule has 13 nitrogen and oxygen atoms in total. The van der Waals surface area contributed by atoms with Crippen molar-refractivity contribution >= 4 is 47.2 Å². The Labute approximate surface area is 220 Å². The van der Waals surface area contributed by atoms with Crippen molar-refractivity contribution in [2.75, 3.05) is 12.4 Å². The number of nitrogens with one attached hydrogen (secondary N) is 1. The minimum Gasteiger partial charge on any atom is -0.478 e. The number of esters is 1. The molecular weight excluding hydrogens is 522 g/mol. The van der Waals surface area contributed by atoms with E-state index in [4.69, 9.17) is 14.0 Å². The Kier molecular flexibility index (Phi) is 7.90. The molecule has 0 bridgehead atoms. The van der Waals surface area contributed by atoms with E-state index in [1.165, 1.54) is 36.2 Å². The van der Waals surface area contributed by atoms with Gasteiger partial charge in [0.15, 0.2) is 5.76 Å². The van der Waals surface area contributed by atoms with E-state index >= 15 is 0 Å². The van der Waals surface area contributed by atoms with Gasteiger partial charge in [0.1, 0.15) is 17.1 Å². The second kappa shape index (κ2) is 11.1. The lowest BCUT2D eigenvalue weighted by Gasteiger charge is -2.49. The summed E-state index contributed by atoms with van der Waals surface area (Å²) in [6.45, 7) is 1.79. The third kappa shape index (κ3) is 5.16. The van der Waals surface area contributed by atoms with E-state index < -0.39 is 46.7 Å². The number of ether oxygens (including phenoxy) is 1. The summed E-state index contributed by atoms with van der Waals surface area (Å²) < 4.78 is 10.1. The topological polar surface area (TPSA) is 185 Å². The monoisotopic (exact) mass is 547 g/mol. The zero-order chi connectivity index (χ0) is 27.4. The maximum Gasteiger partial charge on any atom is 0.352 e. The fourth-order valence-corrected chi connectivity index (χ4v) is 5.69. The van der Waals surface area contributed by atoms with Crippen LogP contribution in [0.1, 0.15) is 38.4 Å². The van der Waals surface area contributed by atoms with Crippen molar-refractivity contribution in [3.05, 3.63) is 47.6 Å². The number of nitrogens with zero attached hydrogens (tertiary/aromatic N) is 2. The van der Waals surface area contributed by atoms with Crippen LogP contribution in [0.4, 0.5) is 0 Å². The standard InChI is InChI=1S/C24H25N3O10S/c1-2-35-15(28)8-7-13-12-38-21-17(20(30)27(21)18(13)22(31)32)25-19(29)16(14-6-5-11-36-14)26-37-24(23(33)34)9-3-4-10-24/h5-8,11,17,21H,2-4,9-10,12H2,1H3,(H,25,29)(H,31,32)(H,33,34)/b8-7+,26-16?/t17-,21-/m1/s1. The van der Waals surface area contributed by atoms with Crippen LogP contribution in [0.15, 0.2) is 51.4 Å². The molecule has 4 rings (SSSR count). The number of hydrogen-bond donors (Lipinski definition) is 3. The molecule has 0 radical (unpaired) electrons. The molecule has 38 heavy (non-hydrogen) atoms. The molecule has 2 fully saturated rings. The number of carboxylic acids is 2. The van der Waals surface area contributed by atoms with Crippen molar-refractivity contribution in [3.63, 3.8) is 0 Å². The Bertz CT molecular complexity index is 1230. The van der Waals surface area contributed by atoms with E-state index in [9.17, 15) is 34.2 Å². The average Bonchev–Trinajstić information content (AvgIpc) is 3.59. The zero-order valence-corrected chi connectivity index (χ0v) is 21.1. The number of carbonyl (C=O) groups excluding carboxylic acids is 3. The normalized spacial score (nSPS) is 22.6. The molecule has 202 valence electrons. The molecule has 3 heterocycles. The fourth-order valence-electron chi connectivity index (χ4n) is 4.37. The number of hydrogen-bond acceptors (Lipinski definition) is 10. The number of furan rings is 1. The molecule has 2 amide bonds. The van der Waals surface area contributed by atoms with E-state index in [0.717, 1.165) is 11.0 Å². The smallest absolute Gasteiger partial charge is 0.352 e. The van der Waals surface area contributed by atoms with Crippen molar-refractivity contribution < 1.29 is 48.2 Å². The van der Waals surface area contributed by atoms with Gasteiger partial charge in [-0.1, -0.05) is 5.16 Å². The molecular formula is C24H25N3O10S. The van der Waals surface area contributed by atoms with Gasteiger partial charge in [-0.25, -0.2) is 14.4 Å². The third-order valence-corrected chi connectivity index (χ3v) is 7.58. The number of fused-ring (bicyclic) bond motifs is 1. The van der Waals surface area contributed by atoms with Crippen LogP contribution in [-0.2, 0) is 33.5 Å². The van der Waals surface area contributed by atoms with Gasteiger partial charge in [0.2, 0.25) is 11.3 Å². The SMILES string of the molecule is CCOC(=O)/C=C/C1=C(C(=O)O)N2C(=O)[C@@H](NC(=O)C(=NOC3(C(=O)O)CCCC3)c3ccco3)[C@H]2SC1. The van der Waals surface area contributed by atoms with Crippen LogP contribution in [0.25, 0.3) is 0 Å². The van der Waals surface area contributed by atoms with E-state index in [1.807, 2.05) is 0 Å². The summed E-state index contributed by atoms with van der Waals surface area (Å²) >= 11 is 1.20. The molecule has 1 aromatic rings. The zero-order valence-electron chi connectivity index (χ0n) is 20.2. The number of amides is 2. The molecule has 1 saturated carbocycles. The van der Waals surface area contributed by atoms with Crippen LogP contribution in [0.5, 0.6) is 0 Å². The summed E-state index contributed by atoms with van der Waals surface area (Å²) in [6.07, 6.45) is 5.40. The van der Waals surface area contributed by atoms with E-state index in [1.54, 1.807) is 6.92 Å². The highest BCUT2D eigenvalue weighted by Crippen LogP contribution is 2.41. The summed E-state index contributed by atoms with van der Waals surface area (Å²) in [5.74, 6) is -4.58. The van der Waals surface area contributed by atoms with Gasteiger partial charge in [0.25, 0.3) is 11.8 Å². The number of rotatable bonds is 10. The highest BCUT2D eigenvalue weighted by Gasteiger charge is 2.54. The summed E-state index contributed by atoms with van der Waals surface area (Å²) in [5, 5.41) is 25.0. The number of thioether (sulfide) groups is 1. The Hall–Kier alpha value is -4.07. The maximum absolute atomic E-state index is 13.2. The van der Waals surface area contributed by atoms with Crippen molar-refractivity contribution in [2.24, 2.45) is 5.16 Å². The lowest BCUT2D eigenvalue weighted by atomic mass is 10.0. The second-order valence-corrected chi connectivity index (χ2v) is 9.75. The number of oxime groups is 1. The highest BCUT2D eigenvalue weighted by atomic mass is 32.2. The first-order valence-corrected chi connectivity index (χ1v) is 12.8. The van der Waals surface area contributed by atoms with E-state index in [-0.39, 0.29) is 47.9 Å². The van der Waals surface area contributed by atoms with Gasteiger partial charge in [-0.2, -0.15) is 0 Å². The second-order valence-electron chi connectivity index (χ2n) is 8.64. The predicted molar refractivity (Wildman–Crippen MR) is 131 cm³/mol. The van der Waals surface area contributed by atoms with Crippen LogP contribution in [-0.4, -0.2) is 79.9 Å². The number of β-lactam (4-membered cyclic amide) rings is 1. The first-order chi connectivity index (χ1) is 18.2. The van der Waals surface area contributed by atoms with E-state index in [0.29, 0.717) is 12.8 Å². The molecule has 0 aromatic carbocycles. The van der Waals surface area contributed by atoms with Crippen LogP contribution >= 0.6 is 11.8 Å². The van der Waals surface area contributed by atoms with Gasteiger partial charge in [0.05, 0.1) is 12.9 Å². The minimum atomic E-state index is -1.56. The van der Waals surface area contributed by atoms with Gasteiger partial charge in [-0.05, 0) is 43.5 Å². The van der Waals surface area contributed by atoms with Gasteiger partial charge >= 0.3 is 17.9 Å². The molecule has 2 atom stereocenters. The molecule has 14 heteroatoms. The lowest BCUT2D eigenvalue weighted by molar-refractivity contribution is -0.165. The minimum absolute atomic E-state index is 0.00142. The largest absolute Gasteiger partial charge is 0.478 e. The molecule has 0 unspecified atom stereocenters. The third-order valence-electron chi connectivity index (χ3n) is 6.28. The summed E-state index contributed by atoms with van der Waals surface area (Å²) in [4.78, 5) is 68.0. The van der Waals surface area contributed by atoms with Gasteiger partial charge in [-0.15, -0.1) is 11.8 Å². The van der Waals surface area contributed by atoms with Crippen LogP contribution < -0.4 is 5.32 Å². The molecule has 1 aromatic heterocycles. The Morgan fingerprint density at radius 2 is 2.03 bits per heavy atom. The molecule has 3 N–H and O–H groups in total. The Morgan fingerprint density at radius 1 is 1.29 bits per heavy atom. The number of carbonyl (C=O) groups is 5. The van der Waals surface area contributed by atoms with Gasteiger partial charge < -0.3 is 29.5 Å². The number of carboxylic acid groups (broad SMARTS) is 2. The number of aliphatic carboxylic acids is 2. The van der Waals surface area contributed by atoms with Crippen molar-refractivity contribution in [1.29, 1.82) is 0 Å². The molecule has 1 saturated heterocycles. The quantitative estimate of drug-likeness (QED) is 0.126. The van der Waals surface area contributed by atoms with Gasteiger partial charge in [0, 0.05) is 24.7 Å². The van der Waals surface area contributed by atoms with Crippen molar-refractivity contribution in [3.8, 4) is 0 Å². The fraction of sp³-hybridized carbons (Fsp3) is 0.417. The Morgan fingerprint density at radius 3 is 2.63 bits per heavy atom. The molecule has 0 spiro atoms. The molecule has 2 aliphatic heterocycles. The molecule has 1 aliphatic carbocycles. The van der Waals surface area contributed by atoms with Gasteiger partial charge in [-0.3, -0.25) is 14.5 Å². The summed E-state index contributed by atoms with van der Waals surface area (Å²) in [6, 6.07) is 1.85. The summed E-state index contributed by atoms with van der Waals surface area (Å²) in [5.41, 5.74) is -1.97. The Balaban J connectivity index is 1.53. The van der Waals surface area contributed by atoms with Crippen LogP contribution in [0, 0.1) is 0 Å². The lowest BCUT2D eigenvalue weighted by Crippen LogP contribution is -2.71. The molecule has 3 aliphatic rings. The van der Waals surface area contributed by atoms with Crippen molar-refractivity contribution in [2.45, 2.75) is 49.6 Å². The van der Waals surface area contributed by atoms with Crippen molar-refractivity contribution in [1.82, 2.24) is 10.2 Å². The van der Waals surface area contributed by atoms with Crippen LogP contribution in [0.2, 0.25) is 0 Å². The first kappa shape index (κ1) is 27.0. The van der Waals surface area contributed by atoms with Crippen LogP contribution in [0.3, 0.4) is 0 Å². The summed E-state index contributed by atoms with van der Waals surface area (Å²) in [7, 11) is 0. The van der Waals surface area contributed by atoms with E-state index in [2.05, 4.69) is 10.5 Å². The average molecular weight is 548 g/mol. The number of allylic oxidation sites excluding steroid dienone is 1. The maximum atomic E-state index is 13.2. The first-order valence-electron chi connectivity index (χ1n) is 11.8.